The number of nitrogens with zero attached hydrogens (tertiary/aromatic N) is 2. The molecule has 0 saturated heterocycles. The minimum atomic E-state index is -0.107. The lowest BCUT2D eigenvalue weighted by molar-refractivity contribution is 0.0559. The molecule has 0 N–H and O–H groups in total. The molecule has 0 saturated carbocycles. The highest BCUT2D eigenvalue weighted by Crippen LogP contribution is 2.23. The molecule has 3 nitrogen and oxygen atoms in total. The Morgan fingerprint density at radius 3 is 2.80 bits per heavy atom. The summed E-state index contributed by atoms with van der Waals surface area (Å²) in [5, 5.41) is 0. The van der Waals surface area contributed by atoms with E-state index in [1.54, 1.807) is 6.20 Å². The quantitative estimate of drug-likeness (QED) is 0.646. The van der Waals surface area contributed by atoms with E-state index in [1.807, 2.05) is 17.0 Å². The van der Waals surface area contributed by atoms with Crippen molar-refractivity contribution in [2.24, 2.45) is 0 Å². The van der Waals surface area contributed by atoms with E-state index in [2.05, 4.69) is 25.8 Å². The van der Waals surface area contributed by atoms with Gasteiger partial charge in [-0.2, -0.15) is 0 Å². The van der Waals surface area contributed by atoms with Gasteiger partial charge in [0.25, 0.3) is 5.91 Å². The highest BCUT2D eigenvalue weighted by molar-refractivity contribution is 5.96. The largest absolute Gasteiger partial charge is 0.333 e. The van der Waals surface area contributed by atoms with E-state index in [0.717, 1.165) is 24.2 Å². The number of hydrogen-bond acceptors (Lipinski definition) is 2. The van der Waals surface area contributed by atoms with Crippen LogP contribution in [0, 0.1) is 0 Å². The fourth-order valence-corrected chi connectivity index (χ4v) is 1.94. The van der Waals surface area contributed by atoms with Gasteiger partial charge in [0, 0.05) is 24.7 Å². The normalized spacial score (nSPS) is 16.5. The van der Waals surface area contributed by atoms with E-state index >= 15 is 0 Å². The van der Waals surface area contributed by atoms with Gasteiger partial charge < -0.3 is 4.90 Å². The molecule has 1 aromatic heterocycles. The maximum Gasteiger partial charge on any atom is 0.256 e. The van der Waals surface area contributed by atoms with Crippen molar-refractivity contribution >= 4 is 5.91 Å². The average Bonchev–Trinajstić information content (AvgIpc) is 2.16. The van der Waals surface area contributed by atoms with E-state index in [0.29, 0.717) is 0 Å². The van der Waals surface area contributed by atoms with Crippen LogP contribution in [0.15, 0.2) is 18.3 Å². The molecule has 0 spiro atoms. The minimum absolute atomic E-state index is 0.107. The van der Waals surface area contributed by atoms with Gasteiger partial charge in [-0.25, -0.2) is 0 Å². The van der Waals surface area contributed by atoms with E-state index in [1.165, 1.54) is 0 Å². The first-order valence-corrected chi connectivity index (χ1v) is 5.26. The number of aromatic nitrogens is 1. The van der Waals surface area contributed by atoms with Crippen LogP contribution in [0.3, 0.4) is 0 Å². The third kappa shape index (κ3) is 1.74. The van der Waals surface area contributed by atoms with E-state index in [-0.39, 0.29) is 11.4 Å². The number of pyridine rings is 1. The van der Waals surface area contributed by atoms with Crippen molar-refractivity contribution in [3.8, 4) is 0 Å². The van der Waals surface area contributed by atoms with Gasteiger partial charge in [0.15, 0.2) is 0 Å². The van der Waals surface area contributed by atoms with Crippen LogP contribution >= 0.6 is 0 Å². The van der Waals surface area contributed by atoms with Crippen molar-refractivity contribution in [3.05, 3.63) is 29.6 Å². The number of carbonyl (C=O) groups excluding carboxylic acids is 1. The Hall–Kier alpha value is -1.38. The third-order valence-corrected chi connectivity index (χ3v) is 2.75. The lowest BCUT2D eigenvalue weighted by atomic mass is 9.98. The molecule has 0 radical (unpaired) electrons. The summed E-state index contributed by atoms with van der Waals surface area (Å²) in [4.78, 5) is 18.3. The summed E-state index contributed by atoms with van der Waals surface area (Å²) in [6, 6.07) is 3.69. The molecule has 0 aliphatic carbocycles. The van der Waals surface area contributed by atoms with E-state index < -0.39 is 0 Å². The van der Waals surface area contributed by atoms with E-state index in [4.69, 9.17) is 0 Å². The Kier molecular flexibility index (Phi) is 2.25. The highest BCUT2D eigenvalue weighted by atomic mass is 16.2. The maximum atomic E-state index is 12.1. The first-order valence-electron chi connectivity index (χ1n) is 5.26. The molecule has 80 valence electrons. The molecule has 0 fully saturated rings. The molecule has 0 unspecified atom stereocenters. The van der Waals surface area contributed by atoms with Gasteiger partial charge in [-0.05, 0) is 32.9 Å². The minimum Gasteiger partial charge on any atom is -0.333 e. The van der Waals surface area contributed by atoms with Gasteiger partial charge >= 0.3 is 0 Å². The van der Waals surface area contributed by atoms with Gasteiger partial charge in [-0.15, -0.1) is 0 Å². The number of fused-ring (bicyclic) bond motifs is 1. The summed E-state index contributed by atoms with van der Waals surface area (Å²) in [6.45, 7) is 6.96. The van der Waals surface area contributed by atoms with Crippen LogP contribution in [0.5, 0.6) is 0 Å². The number of carbonyl (C=O) groups is 1. The standard InChI is InChI=1S/C12H16N2O/c1-12(2,3)14-8-6-10-9(11(14)15)5-4-7-13-10/h4-5,7H,6,8H2,1-3H3. The second-order valence-electron chi connectivity index (χ2n) is 4.88. The molecule has 2 heterocycles. The van der Waals surface area contributed by atoms with Crippen LogP contribution < -0.4 is 0 Å². The smallest absolute Gasteiger partial charge is 0.256 e. The summed E-state index contributed by atoms with van der Waals surface area (Å²) in [7, 11) is 0. The Morgan fingerprint density at radius 1 is 1.40 bits per heavy atom. The lowest BCUT2D eigenvalue weighted by Crippen LogP contribution is -2.49. The summed E-state index contributed by atoms with van der Waals surface area (Å²) in [5.74, 6) is 0.108. The Bertz CT molecular complexity index is 393. The fraction of sp³-hybridized carbons (Fsp3) is 0.500. The molecule has 1 amide bonds. The second-order valence-corrected chi connectivity index (χ2v) is 4.88. The Morgan fingerprint density at radius 2 is 2.13 bits per heavy atom. The molecule has 0 bridgehead atoms. The topological polar surface area (TPSA) is 33.2 Å². The lowest BCUT2D eigenvalue weighted by Gasteiger charge is -2.38. The van der Waals surface area contributed by atoms with Crippen molar-refractivity contribution in [1.82, 2.24) is 9.88 Å². The van der Waals surface area contributed by atoms with E-state index in [9.17, 15) is 4.79 Å². The third-order valence-electron chi connectivity index (χ3n) is 2.75. The van der Waals surface area contributed by atoms with Crippen LogP contribution in [0.25, 0.3) is 0 Å². The zero-order valence-electron chi connectivity index (χ0n) is 9.45. The molecule has 1 aromatic rings. The number of rotatable bonds is 0. The van der Waals surface area contributed by atoms with Gasteiger partial charge in [0.2, 0.25) is 0 Å². The molecular formula is C12H16N2O. The molecule has 3 heteroatoms. The van der Waals surface area contributed by atoms with Gasteiger partial charge in [-0.1, -0.05) is 0 Å². The van der Waals surface area contributed by atoms with Crippen molar-refractivity contribution in [1.29, 1.82) is 0 Å². The van der Waals surface area contributed by atoms with Gasteiger partial charge in [0.05, 0.1) is 11.3 Å². The van der Waals surface area contributed by atoms with Crippen molar-refractivity contribution in [2.75, 3.05) is 6.54 Å². The van der Waals surface area contributed by atoms with Crippen LogP contribution in [0.2, 0.25) is 0 Å². The average molecular weight is 204 g/mol. The first kappa shape index (κ1) is 10.1. The zero-order valence-corrected chi connectivity index (χ0v) is 9.45. The summed E-state index contributed by atoms with van der Waals surface area (Å²) in [5.41, 5.74) is 1.59. The van der Waals surface area contributed by atoms with Crippen LogP contribution in [0.4, 0.5) is 0 Å². The van der Waals surface area contributed by atoms with Crippen molar-refractivity contribution < 1.29 is 4.79 Å². The molecule has 1 aliphatic rings. The number of amides is 1. The zero-order chi connectivity index (χ0) is 11.1. The second kappa shape index (κ2) is 3.33. The Labute approximate surface area is 90.1 Å². The maximum absolute atomic E-state index is 12.1. The molecule has 0 aromatic carbocycles. The summed E-state index contributed by atoms with van der Waals surface area (Å²) < 4.78 is 0. The first-order chi connectivity index (χ1) is 7.00. The molecule has 2 rings (SSSR count). The molecular weight excluding hydrogens is 188 g/mol. The SMILES string of the molecule is CC(C)(C)N1CCc2ncccc2C1=O. The highest BCUT2D eigenvalue weighted by Gasteiger charge is 2.32. The summed E-state index contributed by atoms with van der Waals surface area (Å²) in [6.07, 6.45) is 2.61. The van der Waals surface area contributed by atoms with Gasteiger partial charge in [-0.3, -0.25) is 9.78 Å². The van der Waals surface area contributed by atoms with Crippen LogP contribution in [0.1, 0.15) is 36.8 Å². The molecule has 15 heavy (non-hydrogen) atoms. The van der Waals surface area contributed by atoms with Crippen molar-refractivity contribution in [2.45, 2.75) is 32.7 Å². The monoisotopic (exact) mass is 204 g/mol. The number of hydrogen-bond donors (Lipinski definition) is 0. The van der Waals surface area contributed by atoms with Crippen molar-refractivity contribution in [3.63, 3.8) is 0 Å². The Balaban J connectivity index is 2.38. The van der Waals surface area contributed by atoms with Crippen LogP contribution in [-0.2, 0) is 6.42 Å². The summed E-state index contributed by atoms with van der Waals surface area (Å²) >= 11 is 0. The molecule has 0 atom stereocenters. The predicted molar refractivity (Wildman–Crippen MR) is 58.7 cm³/mol. The van der Waals surface area contributed by atoms with Crippen LogP contribution in [-0.4, -0.2) is 27.9 Å². The molecule has 1 aliphatic heterocycles. The predicted octanol–water partition coefficient (Wildman–Crippen LogP) is 1.88. The fourth-order valence-electron chi connectivity index (χ4n) is 1.94. The van der Waals surface area contributed by atoms with Gasteiger partial charge in [0.1, 0.15) is 0 Å².